The first-order valence-corrected chi connectivity index (χ1v) is 6.07. The summed E-state index contributed by atoms with van der Waals surface area (Å²) in [7, 11) is 0. The van der Waals surface area contributed by atoms with Crippen molar-refractivity contribution in [3.05, 3.63) is 67.0 Å². The number of rotatable bonds is 0. The number of pyridine rings is 1. The summed E-state index contributed by atoms with van der Waals surface area (Å²) in [4.78, 5) is 4.20. The van der Waals surface area contributed by atoms with Gasteiger partial charge in [0.1, 0.15) is 0 Å². The molecule has 3 aromatic carbocycles. The second-order valence-corrected chi connectivity index (χ2v) is 4.58. The first-order chi connectivity index (χ1) is 8.92. The fourth-order valence-electron chi connectivity index (χ4n) is 2.59. The number of aromatic nitrogens is 1. The van der Waals surface area contributed by atoms with Crippen molar-refractivity contribution in [1.29, 1.82) is 0 Å². The van der Waals surface area contributed by atoms with Crippen LogP contribution in [0.3, 0.4) is 0 Å². The van der Waals surface area contributed by atoms with Crippen molar-refractivity contribution < 1.29 is 0 Å². The summed E-state index contributed by atoms with van der Waals surface area (Å²) in [6.07, 6.45) is 3.77. The lowest BCUT2D eigenvalue weighted by molar-refractivity contribution is 1.37. The number of hydrogen-bond donors (Lipinski definition) is 0. The second-order valence-electron chi connectivity index (χ2n) is 4.58. The molecule has 0 amide bonds. The molecule has 0 aliphatic carbocycles. The molecule has 0 radical (unpaired) electrons. The molecule has 0 aliphatic rings. The molecule has 0 fully saturated rings. The van der Waals surface area contributed by atoms with Crippen molar-refractivity contribution in [3.8, 4) is 0 Å². The number of fused-ring (bicyclic) bond motifs is 4. The Labute approximate surface area is 105 Å². The Kier molecular flexibility index (Phi) is 1.89. The van der Waals surface area contributed by atoms with Crippen molar-refractivity contribution in [1.82, 2.24) is 4.98 Å². The van der Waals surface area contributed by atoms with E-state index in [2.05, 4.69) is 59.6 Å². The van der Waals surface area contributed by atoms with Crippen LogP contribution in [0.4, 0.5) is 0 Å². The SMILES string of the molecule is c1ccc2c(c1)ccc1cc3ccncc3cc12. The molecule has 0 aliphatic heterocycles. The Morgan fingerprint density at radius 1 is 0.611 bits per heavy atom. The van der Waals surface area contributed by atoms with E-state index in [4.69, 9.17) is 0 Å². The summed E-state index contributed by atoms with van der Waals surface area (Å²) in [5, 5.41) is 7.61. The van der Waals surface area contributed by atoms with Gasteiger partial charge >= 0.3 is 0 Å². The molecule has 84 valence electrons. The Hall–Kier alpha value is -2.41. The van der Waals surface area contributed by atoms with Gasteiger partial charge in [-0.1, -0.05) is 36.4 Å². The summed E-state index contributed by atoms with van der Waals surface area (Å²) >= 11 is 0. The van der Waals surface area contributed by atoms with Gasteiger partial charge in [0.2, 0.25) is 0 Å². The molecule has 0 spiro atoms. The summed E-state index contributed by atoms with van der Waals surface area (Å²) in [6.45, 7) is 0. The molecule has 4 rings (SSSR count). The Bertz CT molecular complexity index is 872. The predicted molar refractivity (Wildman–Crippen MR) is 76.8 cm³/mol. The van der Waals surface area contributed by atoms with Gasteiger partial charge in [0.05, 0.1) is 0 Å². The first-order valence-electron chi connectivity index (χ1n) is 6.07. The molecule has 0 unspecified atom stereocenters. The lowest BCUT2D eigenvalue weighted by atomic mass is 9.99. The van der Waals surface area contributed by atoms with Crippen molar-refractivity contribution in [2.24, 2.45) is 0 Å². The minimum Gasteiger partial charge on any atom is -0.264 e. The summed E-state index contributed by atoms with van der Waals surface area (Å²) in [5.41, 5.74) is 0. The topological polar surface area (TPSA) is 12.9 Å². The van der Waals surface area contributed by atoms with Crippen LogP contribution in [0.1, 0.15) is 0 Å². The first kappa shape index (κ1) is 9.60. The average molecular weight is 229 g/mol. The molecular formula is C17H11N. The largest absolute Gasteiger partial charge is 0.264 e. The van der Waals surface area contributed by atoms with Crippen LogP contribution in [0.2, 0.25) is 0 Å². The summed E-state index contributed by atoms with van der Waals surface area (Å²) in [5.74, 6) is 0. The molecule has 0 N–H and O–H groups in total. The lowest BCUT2D eigenvalue weighted by Gasteiger charge is -2.05. The van der Waals surface area contributed by atoms with Crippen molar-refractivity contribution in [2.45, 2.75) is 0 Å². The van der Waals surface area contributed by atoms with Gasteiger partial charge in [-0.3, -0.25) is 4.98 Å². The molecule has 1 heterocycles. The quantitative estimate of drug-likeness (QED) is 0.318. The standard InChI is InChI=1S/C17H11N/c1-2-4-16-12(3-1)5-6-14-9-13-7-8-18-11-15(13)10-17(14)16/h1-11H. The number of nitrogens with zero attached hydrogens (tertiary/aromatic N) is 1. The molecule has 1 heteroatoms. The van der Waals surface area contributed by atoms with Gasteiger partial charge in [0.15, 0.2) is 0 Å². The summed E-state index contributed by atoms with van der Waals surface area (Å²) in [6, 6.07) is 19.4. The normalized spacial score (nSPS) is 11.3. The number of hydrogen-bond acceptors (Lipinski definition) is 1. The Balaban J connectivity index is 2.27. The van der Waals surface area contributed by atoms with Crippen LogP contribution in [0, 0.1) is 0 Å². The Morgan fingerprint density at radius 2 is 1.50 bits per heavy atom. The van der Waals surface area contributed by atoms with E-state index in [9.17, 15) is 0 Å². The van der Waals surface area contributed by atoms with Crippen molar-refractivity contribution >= 4 is 32.3 Å². The molecule has 1 nitrogen and oxygen atoms in total. The van der Waals surface area contributed by atoms with Gasteiger partial charge in [0.25, 0.3) is 0 Å². The van der Waals surface area contributed by atoms with Crippen molar-refractivity contribution in [3.63, 3.8) is 0 Å². The van der Waals surface area contributed by atoms with E-state index < -0.39 is 0 Å². The third kappa shape index (κ3) is 1.31. The molecule has 1 aromatic heterocycles. The molecule has 0 saturated carbocycles. The highest BCUT2D eigenvalue weighted by Gasteiger charge is 2.02. The van der Waals surface area contributed by atoms with Crippen molar-refractivity contribution in [2.75, 3.05) is 0 Å². The highest BCUT2D eigenvalue weighted by atomic mass is 14.6. The minimum absolute atomic E-state index is 1.20. The lowest BCUT2D eigenvalue weighted by Crippen LogP contribution is -1.80. The molecule has 4 aromatic rings. The fourth-order valence-corrected chi connectivity index (χ4v) is 2.59. The number of benzene rings is 3. The van der Waals surface area contributed by atoms with Crippen LogP contribution in [0.25, 0.3) is 32.3 Å². The van der Waals surface area contributed by atoms with E-state index in [-0.39, 0.29) is 0 Å². The zero-order chi connectivity index (χ0) is 11.9. The highest BCUT2D eigenvalue weighted by Crippen LogP contribution is 2.28. The molecule has 0 saturated heterocycles. The maximum Gasteiger partial charge on any atom is 0.0346 e. The minimum atomic E-state index is 1.20. The molecule has 0 bridgehead atoms. The molecular weight excluding hydrogens is 218 g/mol. The smallest absolute Gasteiger partial charge is 0.0346 e. The highest BCUT2D eigenvalue weighted by molar-refractivity contribution is 6.11. The zero-order valence-corrected chi connectivity index (χ0v) is 9.80. The van der Waals surface area contributed by atoms with Gasteiger partial charge in [-0.2, -0.15) is 0 Å². The monoisotopic (exact) mass is 229 g/mol. The maximum atomic E-state index is 4.20. The van der Waals surface area contributed by atoms with E-state index in [0.29, 0.717) is 0 Å². The molecule has 0 atom stereocenters. The zero-order valence-electron chi connectivity index (χ0n) is 9.80. The fraction of sp³-hybridized carbons (Fsp3) is 0. The van der Waals surface area contributed by atoms with Gasteiger partial charge in [0, 0.05) is 17.8 Å². The third-order valence-corrected chi connectivity index (χ3v) is 3.50. The van der Waals surface area contributed by atoms with Gasteiger partial charge in [-0.15, -0.1) is 0 Å². The van der Waals surface area contributed by atoms with E-state index >= 15 is 0 Å². The third-order valence-electron chi connectivity index (χ3n) is 3.50. The average Bonchev–Trinajstić information content (AvgIpc) is 2.45. The second kappa shape index (κ2) is 3.54. The Morgan fingerprint density at radius 3 is 2.50 bits per heavy atom. The van der Waals surface area contributed by atoms with Crippen LogP contribution in [0.15, 0.2) is 67.0 Å². The summed E-state index contributed by atoms with van der Waals surface area (Å²) < 4.78 is 0. The van der Waals surface area contributed by atoms with Crippen LogP contribution < -0.4 is 0 Å². The van der Waals surface area contributed by atoms with Crippen LogP contribution in [-0.2, 0) is 0 Å². The van der Waals surface area contributed by atoms with Gasteiger partial charge in [-0.05, 0) is 45.1 Å². The van der Waals surface area contributed by atoms with E-state index in [0.717, 1.165) is 0 Å². The van der Waals surface area contributed by atoms with Crippen LogP contribution >= 0.6 is 0 Å². The van der Waals surface area contributed by atoms with E-state index in [1.165, 1.54) is 32.3 Å². The van der Waals surface area contributed by atoms with E-state index in [1.807, 2.05) is 12.4 Å². The van der Waals surface area contributed by atoms with Gasteiger partial charge in [-0.25, -0.2) is 0 Å². The van der Waals surface area contributed by atoms with Crippen LogP contribution in [-0.4, -0.2) is 4.98 Å². The predicted octanol–water partition coefficient (Wildman–Crippen LogP) is 4.54. The van der Waals surface area contributed by atoms with Crippen LogP contribution in [0.5, 0.6) is 0 Å². The van der Waals surface area contributed by atoms with E-state index in [1.54, 1.807) is 0 Å². The molecule has 18 heavy (non-hydrogen) atoms. The van der Waals surface area contributed by atoms with Gasteiger partial charge < -0.3 is 0 Å². The maximum absolute atomic E-state index is 4.20.